The smallest absolute Gasteiger partial charge is 0.227 e. The molecule has 0 aromatic carbocycles. The molecule has 3 aliphatic rings. The molecule has 0 aromatic heterocycles. The molecule has 3 rings (SSSR count). The van der Waals surface area contributed by atoms with E-state index in [1.807, 2.05) is 13.8 Å². The Hall–Kier alpha value is -1.66. The number of ketones is 2. The highest BCUT2D eigenvalue weighted by Gasteiger charge is 2.43. The van der Waals surface area contributed by atoms with Crippen molar-refractivity contribution >= 4 is 11.6 Å². The standard InChI is InChI=1S/C16H20O6/c1-3-19-11-7-5-9-14(18)16-10(13(17)15(9)21-11)6-8-12(22-16)20-4-2/h11-12H,3-8H2,1-2H3/t11-,12-/m1/s1. The summed E-state index contributed by atoms with van der Waals surface area (Å²) in [5, 5.41) is 0. The molecular weight excluding hydrogens is 288 g/mol. The van der Waals surface area contributed by atoms with Crippen LogP contribution in [0, 0.1) is 0 Å². The Morgan fingerprint density at radius 3 is 1.64 bits per heavy atom. The third kappa shape index (κ3) is 2.57. The van der Waals surface area contributed by atoms with Gasteiger partial charge < -0.3 is 18.9 Å². The number of rotatable bonds is 4. The van der Waals surface area contributed by atoms with Crippen LogP contribution in [0.5, 0.6) is 0 Å². The van der Waals surface area contributed by atoms with Gasteiger partial charge in [-0.25, -0.2) is 0 Å². The van der Waals surface area contributed by atoms with Crippen LogP contribution in [0.3, 0.4) is 0 Å². The Kier molecular flexibility index (Phi) is 4.31. The summed E-state index contributed by atoms with van der Waals surface area (Å²) in [5.41, 5.74) is 0.800. The van der Waals surface area contributed by atoms with Crippen molar-refractivity contribution < 1.29 is 28.5 Å². The van der Waals surface area contributed by atoms with Crippen LogP contribution >= 0.6 is 0 Å². The Morgan fingerprint density at radius 2 is 1.27 bits per heavy atom. The van der Waals surface area contributed by atoms with E-state index in [0.29, 0.717) is 50.0 Å². The first-order valence-corrected chi connectivity index (χ1v) is 7.77. The van der Waals surface area contributed by atoms with Gasteiger partial charge in [0.2, 0.25) is 11.6 Å². The fourth-order valence-corrected chi connectivity index (χ4v) is 2.97. The summed E-state index contributed by atoms with van der Waals surface area (Å²) in [6.07, 6.45) is 1.13. The Labute approximate surface area is 129 Å². The lowest BCUT2D eigenvalue weighted by Gasteiger charge is -2.34. The quantitative estimate of drug-likeness (QED) is 0.740. The van der Waals surface area contributed by atoms with Crippen molar-refractivity contribution in [2.45, 2.75) is 52.1 Å². The van der Waals surface area contributed by atoms with Crippen molar-refractivity contribution in [3.8, 4) is 0 Å². The first-order valence-electron chi connectivity index (χ1n) is 7.77. The van der Waals surface area contributed by atoms with Gasteiger partial charge in [-0.2, -0.15) is 0 Å². The maximum Gasteiger partial charge on any atom is 0.227 e. The number of hydrogen-bond acceptors (Lipinski definition) is 6. The van der Waals surface area contributed by atoms with Gasteiger partial charge in [-0.1, -0.05) is 0 Å². The van der Waals surface area contributed by atoms with Gasteiger partial charge in [-0.05, 0) is 26.7 Å². The minimum atomic E-state index is -0.455. The maximum absolute atomic E-state index is 12.6. The molecule has 2 heterocycles. The van der Waals surface area contributed by atoms with Gasteiger partial charge in [-0.15, -0.1) is 0 Å². The van der Waals surface area contributed by atoms with E-state index in [2.05, 4.69) is 0 Å². The van der Waals surface area contributed by atoms with Crippen molar-refractivity contribution in [1.82, 2.24) is 0 Å². The van der Waals surface area contributed by atoms with Crippen LogP contribution in [0.25, 0.3) is 0 Å². The summed E-state index contributed by atoms with van der Waals surface area (Å²) >= 11 is 0. The summed E-state index contributed by atoms with van der Waals surface area (Å²) in [4.78, 5) is 25.2. The van der Waals surface area contributed by atoms with E-state index in [-0.39, 0.29) is 23.1 Å². The van der Waals surface area contributed by atoms with Crippen LogP contribution in [-0.4, -0.2) is 37.4 Å². The molecule has 6 heteroatoms. The average Bonchev–Trinajstić information content (AvgIpc) is 2.53. The highest BCUT2D eigenvalue weighted by atomic mass is 16.7. The molecule has 6 nitrogen and oxygen atoms in total. The van der Waals surface area contributed by atoms with E-state index in [0.717, 1.165) is 0 Å². The number of carbonyl (C=O) groups excluding carboxylic acids is 2. The van der Waals surface area contributed by atoms with Gasteiger partial charge in [-0.3, -0.25) is 9.59 Å². The second kappa shape index (κ2) is 6.22. The maximum atomic E-state index is 12.6. The molecule has 2 atom stereocenters. The molecule has 0 radical (unpaired) electrons. The fraction of sp³-hybridized carbons (Fsp3) is 0.625. The molecule has 0 amide bonds. The Bertz CT molecular complexity index is 509. The zero-order chi connectivity index (χ0) is 15.7. The fourth-order valence-electron chi connectivity index (χ4n) is 2.97. The molecule has 0 fully saturated rings. The molecule has 1 aliphatic carbocycles. The normalized spacial score (nSPS) is 28.1. The highest BCUT2D eigenvalue weighted by Crippen LogP contribution is 2.38. The van der Waals surface area contributed by atoms with E-state index in [1.165, 1.54) is 0 Å². The molecule has 0 spiro atoms. The highest BCUT2D eigenvalue weighted by molar-refractivity contribution is 6.23. The van der Waals surface area contributed by atoms with Gasteiger partial charge in [0.15, 0.2) is 24.1 Å². The van der Waals surface area contributed by atoms with E-state index in [4.69, 9.17) is 18.9 Å². The number of ether oxygens (including phenoxy) is 4. The molecule has 22 heavy (non-hydrogen) atoms. The number of allylic oxidation sites excluding steroid dienone is 2. The zero-order valence-electron chi connectivity index (χ0n) is 12.8. The number of carbonyl (C=O) groups is 2. The molecule has 0 aromatic rings. The van der Waals surface area contributed by atoms with Crippen LogP contribution in [0.1, 0.15) is 39.5 Å². The van der Waals surface area contributed by atoms with Gasteiger partial charge >= 0.3 is 0 Å². The summed E-state index contributed by atoms with van der Waals surface area (Å²) in [6, 6.07) is 0. The lowest BCUT2D eigenvalue weighted by Crippen LogP contribution is -2.37. The number of Topliss-reactive ketones (excluding diaryl/α,β-unsaturated/α-hetero) is 2. The zero-order valence-corrected chi connectivity index (χ0v) is 12.8. The van der Waals surface area contributed by atoms with Gasteiger partial charge in [0, 0.05) is 37.2 Å². The van der Waals surface area contributed by atoms with Gasteiger partial charge in [0.1, 0.15) is 0 Å². The second-order valence-corrected chi connectivity index (χ2v) is 5.36. The largest absolute Gasteiger partial charge is 0.460 e. The molecular formula is C16H20O6. The number of hydrogen-bond donors (Lipinski definition) is 0. The molecule has 0 bridgehead atoms. The van der Waals surface area contributed by atoms with Crippen molar-refractivity contribution in [1.29, 1.82) is 0 Å². The van der Waals surface area contributed by atoms with E-state index in [1.54, 1.807) is 0 Å². The van der Waals surface area contributed by atoms with Crippen LogP contribution in [0.4, 0.5) is 0 Å². The third-order valence-electron chi connectivity index (χ3n) is 3.97. The van der Waals surface area contributed by atoms with Crippen LogP contribution in [0.15, 0.2) is 22.7 Å². The average molecular weight is 308 g/mol. The van der Waals surface area contributed by atoms with Crippen LogP contribution in [-0.2, 0) is 28.5 Å². The minimum Gasteiger partial charge on any atom is -0.460 e. The summed E-state index contributed by atoms with van der Waals surface area (Å²) in [7, 11) is 0. The Morgan fingerprint density at radius 1 is 0.864 bits per heavy atom. The van der Waals surface area contributed by atoms with Crippen LogP contribution in [0.2, 0.25) is 0 Å². The Balaban J connectivity index is 1.84. The lowest BCUT2D eigenvalue weighted by atomic mass is 9.86. The topological polar surface area (TPSA) is 71.1 Å². The first kappa shape index (κ1) is 15.2. The predicted octanol–water partition coefficient (Wildman–Crippen LogP) is 1.99. The van der Waals surface area contributed by atoms with E-state index < -0.39 is 12.6 Å². The van der Waals surface area contributed by atoms with Gasteiger partial charge in [0.25, 0.3) is 0 Å². The molecule has 0 saturated heterocycles. The molecule has 0 saturated carbocycles. The first-order chi connectivity index (χ1) is 10.7. The third-order valence-corrected chi connectivity index (χ3v) is 3.97. The van der Waals surface area contributed by atoms with Crippen molar-refractivity contribution in [2.24, 2.45) is 0 Å². The summed E-state index contributed by atoms with van der Waals surface area (Å²) in [5.74, 6) is -0.202. The SMILES string of the molecule is CCO[C@H]1CCC2=C(O1)C(=O)C1=C(O[C@@H](OCC)CC1)C2=O. The van der Waals surface area contributed by atoms with Crippen molar-refractivity contribution in [2.75, 3.05) is 13.2 Å². The predicted molar refractivity (Wildman–Crippen MR) is 75.5 cm³/mol. The summed E-state index contributed by atoms with van der Waals surface area (Å²) in [6.45, 7) is 4.74. The molecule has 0 unspecified atom stereocenters. The monoisotopic (exact) mass is 308 g/mol. The molecule has 0 N–H and O–H groups in total. The molecule has 2 aliphatic heterocycles. The van der Waals surface area contributed by atoms with Crippen molar-refractivity contribution in [3.63, 3.8) is 0 Å². The molecule has 120 valence electrons. The minimum absolute atomic E-state index is 0.145. The second-order valence-electron chi connectivity index (χ2n) is 5.36. The van der Waals surface area contributed by atoms with E-state index in [9.17, 15) is 9.59 Å². The van der Waals surface area contributed by atoms with Crippen LogP contribution < -0.4 is 0 Å². The van der Waals surface area contributed by atoms with E-state index >= 15 is 0 Å². The van der Waals surface area contributed by atoms with Crippen molar-refractivity contribution in [3.05, 3.63) is 22.7 Å². The summed E-state index contributed by atoms with van der Waals surface area (Å²) < 4.78 is 22.0. The lowest BCUT2D eigenvalue weighted by molar-refractivity contribution is -0.153. The van der Waals surface area contributed by atoms with Gasteiger partial charge in [0.05, 0.1) is 0 Å².